The van der Waals surface area contributed by atoms with E-state index in [4.69, 9.17) is 4.74 Å². The van der Waals surface area contributed by atoms with Gasteiger partial charge in [-0.05, 0) is 43.5 Å². The van der Waals surface area contributed by atoms with Gasteiger partial charge < -0.3 is 14.9 Å². The Morgan fingerprint density at radius 3 is 3.00 bits per heavy atom. The number of fused-ring (bicyclic) bond motifs is 1. The quantitative estimate of drug-likeness (QED) is 0.616. The lowest BCUT2D eigenvalue weighted by atomic mass is 9.97. The first-order chi connectivity index (χ1) is 13.0. The summed E-state index contributed by atoms with van der Waals surface area (Å²) in [4.78, 5) is 11.5. The van der Waals surface area contributed by atoms with E-state index in [-0.39, 0.29) is 24.4 Å². The predicted octanol–water partition coefficient (Wildman–Crippen LogP) is 3.58. The Morgan fingerprint density at radius 1 is 1.41 bits per heavy atom. The van der Waals surface area contributed by atoms with Crippen molar-refractivity contribution < 1.29 is 14.6 Å². The first kappa shape index (κ1) is 19.0. The van der Waals surface area contributed by atoms with Gasteiger partial charge in [0, 0.05) is 18.5 Å². The van der Waals surface area contributed by atoms with E-state index in [1.807, 2.05) is 23.2 Å². The molecule has 0 radical (unpaired) electrons. The lowest BCUT2D eigenvalue weighted by Gasteiger charge is -2.29. The maximum absolute atomic E-state index is 11.5. The van der Waals surface area contributed by atoms with Gasteiger partial charge in [-0.3, -0.25) is 0 Å². The Balaban J connectivity index is 1.73. The summed E-state index contributed by atoms with van der Waals surface area (Å²) in [6.45, 7) is 8.41. The summed E-state index contributed by atoms with van der Waals surface area (Å²) in [6, 6.07) is 5.58. The van der Waals surface area contributed by atoms with Crippen LogP contribution in [-0.2, 0) is 16.0 Å². The summed E-state index contributed by atoms with van der Waals surface area (Å²) in [6.07, 6.45) is 9.84. The maximum atomic E-state index is 11.5. The number of phenols is 1. The van der Waals surface area contributed by atoms with E-state index >= 15 is 0 Å². The van der Waals surface area contributed by atoms with Gasteiger partial charge in [0.15, 0.2) is 0 Å². The monoisotopic (exact) mass is 366 g/mol. The highest BCUT2D eigenvalue weighted by molar-refractivity contribution is 5.86. The fourth-order valence-corrected chi connectivity index (χ4v) is 3.23. The van der Waals surface area contributed by atoms with Crippen LogP contribution in [0.1, 0.15) is 25.8 Å². The Morgan fingerprint density at radius 2 is 2.22 bits per heavy atom. The van der Waals surface area contributed by atoms with Crippen LogP contribution in [0.5, 0.6) is 5.75 Å². The molecule has 0 saturated carbocycles. The van der Waals surface area contributed by atoms with Crippen LogP contribution in [0, 0.1) is 0 Å². The minimum Gasteiger partial charge on any atom is -0.506 e. The second-order valence-electron chi connectivity index (χ2n) is 6.98. The number of esters is 1. The minimum atomic E-state index is -0.380. The Kier molecular flexibility index (Phi) is 5.81. The van der Waals surface area contributed by atoms with E-state index in [0.717, 1.165) is 24.2 Å². The zero-order valence-corrected chi connectivity index (χ0v) is 15.9. The van der Waals surface area contributed by atoms with Crippen molar-refractivity contribution in [3.8, 4) is 5.75 Å². The predicted molar refractivity (Wildman–Crippen MR) is 107 cm³/mol. The van der Waals surface area contributed by atoms with Crippen molar-refractivity contribution in [2.24, 2.45) is 0 Å². The molecule has 0 spiro atoms. The molecule has 1 aliphatic heterocycles. The average molecular weight is 366 g/mol. The van der Waals surface area contributed by atoms with Crippen molar-refractivity contribution in [3.63, 3.8) is 0 Å². The molecule has 1 heterocycles. The van der Waals surface area contributed by atoms with Gasteiger partial charge in [-0.15, -0.1) is 0 Å². The number of phenolic OH excluding ortho intramolecular Hbond substituents is 1. The van der Waals surface area contributed by atoms with Crippen LogP contribution >= 0.6 is 0 Å². The standard InChI is InChI=1S/C22H26N2O3/c1-15(2)22(26)27-13-11-17-8-9-21(25)20(14-17)24-12-10-16(3)18-6-4-5-7-19(18)23-24/h4-9,14,19,23,25H,1,10-13H2,2-3H3. The van der Waals surface area contributed by atoms with Gasteiger partial charge in [0.1, 0.15) is 5.75 Å². The van der Waals surface area contributed by atoms with E-state index in [0.29, 0.717) is 12.0 Å². The van der Waals surface area contributed by atoms with Crippen LogP contribution < -0.4 is 10.4 Å². The number of hydrogen-bond acceptors (Lipinski definition) is 5. The molecule has 2 aliphatic rings. The zero-order valence-electron chi connectivity index (χ0n) is 15.9. The molecule has 2 N–H and O–H groups in total. The van der Waals surface area contributed by atoms with Crippen LogP contribution in [0.25, 0.3) is 0 Å². The molecule has 1 aliphatic carbocycles. The number of nitrogens with one attached hydrogen (secondary N) is 1. The molecule has 142 valence electrons. The second-order valence-corrected chi connectivity index (χ2v) is 6.98. The molecule has 1 unspecified atom stereocenters. The number of benzene rings is 1. The molecule has 1 aromatic rings. The molecule has 1 atom stereocenters. The number of aromatic hydroxyl groups is 1. The lowest BCUT2D eigenvalue weighted by molar-refractivity contribution is -0.138. The van der Waals surface area contributed by atoms with Crippen molar-refractivity contribution in [2.75, 3.05) is 18.2 Å². The SMILES string of the molecule is C=C(C)C(=O)OCCc1ccc(O)c(N2CCC(C)=C3C=CC=CC3N2)c1. The van der Waals surface area contributed by atoms with Gasteiger partial charge in [0.25, 0.3) is 0 Å². The molecule has 1 aromatic carbocycles. The van der Waals surface area contributed by atoms with E-state index < -0.39 is 0 Å². The highest BCUT2D eigenvalue weighted by atomic mass is 16.5. The Labute approximate surface area is 160 Å². The fourth-order valence-electron chi connectivity index (χ4n) is 3.23. The summed E-state index contributed by atoms with van der Waals surface area (Å²) in [7, 11) is 0. The topological polar surface area (TPSA) is 61.8 Å². The van der Waals surface area contributed by atoms with Gasteiger partial charge in [0.05, 0.1) is 18.3 Å². The molecule has 0 aromatic heterocycles. The number of allylic oxidation sites excluding steroid dienone is 2. The van der Waals surface area contributed by atoms with E-state index in [1.54, 1.807) is 13.0 Å². The second kappa shape index (κ2) is 8.27. The van der Waals surface area contributed by atoms with Crippen molar-refractivity contribution >= 4 is 11.7 Å². The molecular formula is C22H26N2O3. The van der Waals surface area contributed by atoms with Crippen molar-refractivity contribution in [1.29, 1.82) is 0 Å². The summed E-state index contributed by atoms with van der Waals surface area (Å²) >= 11 is 0. The Hall–Kier alpha value is -2.79. The highest BCUT2D eigenvalue weighted by Crippen LogP contribution is 2.31. The van der Waals surface area contributed by atoms with Crippen molar-refractivity contribution in [2.45, 2.75) is 32.7 Å². The van der Waals surface area contributed by atoms with Crippen molar-refractivity contribution in [1.82, 2.24) is 5.43 Å². The molecule has 3 rings (SSSR count). The number of hydrazine groups is 1. The molecule has 5 heteroatoms. The van der Waals surface area contributed by atoms with Gasteiger partial charge in [-0.1, -0.05) is 42.5 Å². The number of carbonyl (C=O) groups is 1. The minimum absolute atomic E-state index is 0.0945. The van der Waals surface area contributed by atoms with Crippen LogP contribution in [-0.4, -0.2) is 30.3 Å². The molecule has 0 fully saturated rings. The number of rotatable bonds is 5. The maximum Gasteiger partial charge on any atom is 0.333 e. The van der Waals surface area contributed by atoms with Crippen molar-refractivity contribution in [3.05, 3.63) is 71.4 Å². The Bertz CT molecular complexity index is 836. The fraction of sp³-hybridized carbons (Fsp3) is 0.318. The average Bonchev–Trinajstić information content (AvgIpc) is 2.82. The highest BCUT2D eigenvalue weighted by Gasteiger charge is 2.23. The largest absolute Gasteiger partial charge is 0.506 e. The number of carbonyl (C=O) groups excluding carboxylic acids is 1. The third-order valence-corrected chi connectivity index (χ3v) is 4.83. The van der Waals surface area contributed by atoms with Crippen LogP contribution in [0.15, 0.2) is 65.8 Å². The van der Waals surface area contributed by atoms with Gasteiger partial charge >= 0.3 is 5.97 Å². The van der Waals surface area contributed by atoms with E-state index in [1.165, 1.54) is 11.1 Å². The normalized spacial score (nSPS) is 18.9. The van der Waals surface area contributed by atoms with E-state index in [2.05, 4.69) is 37.2 Å². The zero-order chi connectivity index (χ0) is 19.4. The number of ether oxygens (including phenoxy) is 1. The molecule has 0 saturated heterocycles. The summed E-state index contributed by atoms with van der Waals surface area (Å²) in [5, 5.41) is 12.4. The smallest absolute Gasteiger partial charge is 0.333 e. The molecular weight excluding hydrogens is 340 g/mol. The van der Waals surface area contributed by atoms with Gasteiger partial charge in [-0.2, -0.15) is 0 Å². The number of hydrogen-bond donors (Lipinski definition) is 2. The number of anilines is 1. The third-order valence-electron chi connectivity index (χ3n) is 4.83. The van der Waals surface area contributed by atoms with Gasteiger partial charge in [-0.25, -0.2) is 10.2 Å². The van der Waals surface area contributed by atoms with Crippen LogP contribution in [0.2, 0.25) is 0 Å². The summed E-state index contributed by atoms with van der Waals surface area (Å²) in [5.74, 6) is -0.156. The number of nitrogens with zero attached hydrogens (tertiary/aromatic N) is 1. The summed E-state index contributed by atoms with van der Waals surface area (Å²) in [5.41, 5.74) is 8.24. The third kappa shape index (κ3) is 4.49. The molecule has 27 heavy (non-hydrogen) atoms. The first-order valence-corrected chi connectivity index (χ1v) is 9.18. The van der Waals surface area contributed by atoms with E-state index in [9.17, 15) is 9.90 Å². The molecule has 0 amide bonds. The lowest BCUT2D eigenvalue weighted by Crippen LogP contribution is -2.44. The molecule has 0 bridgehead atoms. The first-order valence-electron chi connectivity index (χ1n) is 9.18. The molecule has 5 nitrogen and oxygen atoms in total. The van der Waals surface area contributed by atoms with Crippen LogP contribution in [0.4, 0.5) is 5.69 Å². The van der Waals surface area contributed by atoms with Gasteiger partial charge in [0.2, 0.25) is 0 Å². The van der Waals surface area contributed by atoms with Crippen LogP contribution in [0.3, 0.4) is 0 Å². The summed E-state index contributed by atoms with van der Waals surface area (Å²) < 4.78 is 5.17.